The Hall–Kier alpha value is -2.92. The molecule has 3 aromatic carbocycles. The number of halogens is 6. The highest BCUT2D eigenvalue weighted by Gasteiger charge is 2.41. The number of hydrogen-bond donors (Lipinski definition) is 3. The van der Waals surface area contributed by atoms with Crippen LogP contribution < -0.4 is 35.1 Å². The molecule has 1 heterocycles. The van der Waals surface area contributed by atoms with Gasteiger partial charge < -0.3 is 29.7 Å². The minimum absolute atomic E-state index is 0.00235. The number of carbonyl (C=O) groups is 2. The maximum Gasteiger partial charge on any atom is 0.322 e. The molecule has 9 nitrogen and oxygen atoms in total. The number of anilines is 2. The highest BCUT2D eigenvalue weighted by Crippen LogP contribution is 2.46. The number of nitrogens with one attached hydrogen (secondary N) is 3. The van der Waals surface area contributed by atoms with E-state index in [1.165, 1.54) is 25.3 Å². The molecule has 4 rings (SSSR count). The number of hydrogen-bond acceptors (Lipinski definition) is 6. The number of methoxy groups -OCH3 is 1. The van der Waals surface area contributed by atoms with Crippen LogP contribution in [-0.2, 0) is 10.2 Å². The number of carbonyl (C=O) groups excluding carboxylic acids is 2. The van der Waals surface area contributed by atoms with Crippen molar-refractivity contribution in [1.29, 1.82) is 0 Å². The van der Waals surface area contributed by atoms with E-state index in [2.05, 4.69) is 16.0 Å². The van der Waals surface area contributed by atoms with Gasteiger partial charge in [-0.05, 0) is 48.0 Å². The molecule has 0 unspecified atom stereocenters. The summed E-state index contributed by atoms with van der Waals surface area (Å²) in [6.45, 7) is 4.02. The summed E-state index contributed by atoms with van der Waals surface area (Å²) in [5, 5.41) is 7.70. The van der Waals surface area contributed by atoms with E-state index in [1.807, 2.05) is 50.1 Å². The van der Waals surface area contributed by atoms with Crippen LogP contribution in [0.3, 0.4) is 0 Å². The molecule has 0 saturated carbocycles. The van der Waals surface area contributed by atoms with Crippen LogP contribution in [0.2, 0.25) is 0 Å². The van der Waals surface area contributed by atoms with Crippen molar-refractivity contribution in [3.05, 3.63) is 90.1 Å². The van der Waals surface area contributed by atoms with Gasteiger partial charge in [-0.15, -0.1) is 0 Å². The number of rotatable bonds is 9. The van der Waals surface area contributed by atoms with Crippen molar-refractivity contribution in [2.24, 2.45) is 0 Å². The number of fused-ring (bicyclic) bond motifs is 1. The first-order valence-electron chi connectivity index (χ1n) is 13.6. The highest BCUT2D eigenvalue weighted by molar-refractivity contribution is 6.68. The fourth-order valence-electron chi connectivity index (χ4n) is 4.77. The van der Waals surface area contributed by atoms with Crippen LogP contribution in [0, 0.1) is 0 Å². The topological polar surface area (TPSA) is 101 Å². The van der Waals surface area contributed by atoms with Gasteiger partial charge in [-0.2, -0.15) is 0 Å². The fraction of sp³-hybridized carbons (Fsp3) is 0.290. The van der Waals surface area contributed by atoms with Crippen molar-refractivity contribution in [1.82, 2.24) is 10.6 Å². The van der Waals surface area contributed by atoms with E-state index in [9.17, 15) is 9.59 Å². The zero-order valence-electron chi connectivity index (χ0n) is 24.9. The third-order valence-corrected chi connectivity index (χ3v) is 8.21. The summed E-state index contributed by atoms with van der Waals surface area (Å²) in [5.74, 6) is 0.0384. The normalized spacial score (nSPS) is 16.2. The van der Waals surface area contributed by atoms with Gasteiger partial charge in [0.2, 0.25) is 25.9 Å². The zero-order valence-corrected chi connectivity index (χ0v) is 29.5. The maximum atomic E-state index is 13.3. The summed E-state index contributed by atoms with van der Waals surface area (Å²) < 4.78 is 12.7. The molecule has 0 aliphatic carbocycles. The summed E-state index contributed by atoms with van der Waals surface area (Å²) in [7, 11) is 3.39. The van der Waals surface area contributed by atoms with Crippen LogP contribution in [0.5, 0.6) is 17.2 Å². The first-order valence-corrected chi connectivity index (χ1v) is 15.9. The Bertz CT molecular complexity index is 1590. The number of urea groups is 1. The second-order valence-corrected chi connectivity index (χ2v) is 15.3. The standard InChI is InChI=1S/C31H30Cl6N4O5/c1-29(2)20-9-5-6-10-21(20)41(3)24(29)17-25(42)39-26(30(32,33)34)45-22-11-7-8-12-23(22)46-27(31(35,36)37)40-28(43)38-18-13-15-19(44-4)16-14-18/h5-17,26-27H,1-4H3,(H,39,42)(H2,38,40,43)/b24-17-/t26-,27-/m0/s1. The van der Waals surface area contributed by atoms with Gasteiger partial charge in [0.1, 0.15) is 5.75 Å². The first kappa shape index (κ1) is 35.9. The largest absolute Gasteiger partial charge is 0.497 e. The molecule has 3 aromatic rings. The van der Waals surface area contributed by atoms with Gasteiger partial charge in [0.15, 0.2) is 11.5 Å². The van der Waals surface area contributed by atoms with Crippen LogP contribution >= 0.6 is 69.6 Å². The van der Waals surface area contributed by atoms with Crippen LogP contribution in [-0.4, -0.2) is 46.1 Å². The molecule has 1 aliphatic rings. The van der Waals surface area contributed by atoms with E-state index in [0.29, 0.717) is 11.4 Å². The van der Waals surface area contributed by atoms with Crippen molar-refractivity contribution in [2.45, 2.75) is 39.3 Å². The number of benzene rings is 3. The van der Waals surface area contributed by atoms with E-state index in [4.69, 9.17) is 83.8 Å². The van der Waals surface area contributed by atoms with Gasteiger partial charge in [0.25, 0.3) is 0 Å². The van der Waals surface area contributed by atoms with Crippen molar-refractivity contribution in [2.75, 3.05) is 24.4 Å². The molecular formula is C31H30Cl6N4O5. The number of amides is 3. The third kappa shape index (κ3) is 8.70. The minimum atomic E-state index is -2.14. The molecule has 0 spiro atoms. The third-order valence-electron chi connectivity index (χ3n) is 7.03. The van der Waals surface area contributed by atoms with Gasteiger partial charge in [0.05, 0.1) is 7.11 Å². The Balaban J connectivity index is 1.51. The number of alkyl halides is 6. The molecule has 0 fully saturated rings. The SMILES string of the molecule is COc1ccc(NC(=O)N[C@@H](Oc2ccccc2O[C@H](NC(=O)/C=C2\N(C)c3ccccc3C2(C)C)C(Cl)(Cl)Cl)C(Cl)(Cl)Cl)cc1. The van der Waals surface area contributed by atoms with Crippen LogP contribution in [0.25, 0.3) is 0 Å². The number of nitrogens with zero attached hydrogens (tertiary/aromatic N) is 1. The molecule has 46 heavy (non-hydrogen) atoms. The Morgan fingerprint density at radius 3 is 1.85 bits per heavy atom. The fourth-order valence-corrected chi connectivity index (χ4v) is 5.36. The van der Waals surface area contributed by atoms with Crippen molar-refractivity contribution in [3.63, 3.8) is 0 Å². The number of allylic oxidation sites excluding steroid dienone is 1. The molecule has 0 saturated heterocycles. The Kier molecular flexibility index (Phi) is 11.3. The van der Waals surface area contributed by atoms with Gasteiger partial charge in [-0.1, -0.05) is 114 Å². The lowest BCUT2D eigenvalue weighted by atomic mass is 9.84. The van der Waals surface area contributed by atoms with Crippen LogP contribution in [0.15, 0.2) is 84.6 Å². The molecule has 15 heteroatoms. The summed E-state index contributed by atoms with van der Waals surface area (Å²) in [6.07, 6.45) is -1.59. The highest BCUT2D eigenvalue weighted by atomic mass is 35.6. The van der Waals surface area contributed by atoms with Crippen molar-refractivity contribution >= 4 is 92.9 Å². The Morgan fingerprint density at radius 2 is 1.33 bits per heavy atom. The van der Waals surface area contributed by atoms with Crippen LogP contribution in [0.4, 0.5) is 16.2 Å². The maximum absolute atomic E-state index is 13.3. The van der Waals surface area contributed by atoms with Gasteiger partial charge in [-0.25, -0.2) is 4.79 Å². The van der Waals surface area contributed by atoms with E-state index in [-0.39, 0.29) is 11.5 Å². The van der Waals surface area contributed by atoms with Crippen LogP contribution in [0.1, 0.15) is 19.4 Å². The molecule has 2 atom stereocenters. The second kappa shape index (κ2) is 14.5. The summed E-state index contributed by atoms with van der Waals surface area (Å²) in [4.78, 5) is 28.0. The molecule has 0 radical (unpaired) electrons. The lowest BCUT2D eigenvalue weighted by molar-refractivity contribution is -0.119. The summed E-state index contributed by atoms with van der Waals surface area (Å²) in [6, 6.07) is 19.9. The van der Waals surface area contributed by atoms with Gasteiger partial charge >= 0.3 is 6.03 Å². The Morgan fingerprint density at radius 1 is 0.804 bits per heavy atom. The first-order chi connectivity index (χ1) is 21.5. The molecule has 0 aromatic heterocycles. The number of likely N-dealkylation sites (N-methyl/N-ethyl adjacent to an activating group) is 1. The number of ether oxygens (including phenoxy) is 3. The summed E-state index contributed by atoms with van der Waals surface area (Å²) >= 11 is 37.2. The molecular weight excluding hydrogens is 721 g/mol. The average molecular weight is 751 g/mol. The predicted molar refractivity (Wildman–Crippen MR) is 185 cm³/mol. The van der Waals surface area contributed by atoms with Crippen molar-refractivity contribution in [3.8, 4) is 17.2 Å². The van der Waals surface area contributed by atoms with Gasteiger partial charge in [0, 0.05) is 35.6 Å². The van der Waals surface area contributed by atoms with E-state index in [1.54, 1.807) is 36.4 Å². The quantitative estimate of drug-likeness (QED) is 0.116. The smallest absolute Gasteiger partial charge is 0.322 e. The van der Waals surface area contributed by atoms with E-state index < -0.39 is 37.4 Å². The molecule has 3 amide bonds. The van der Waals surface area contributed by atoms with Gasteiger partial charge in [-0.3, -0.25) is 10.1 Å². The second-order valence-electron chi connectivity index (χ2n) is 10.6. The summed E-state index contributed by atoms with van der Waals surface area (Å²) in [5.41, 5.74) is 2.73. The lowest BCUT2D eigenvalue weighted by Gasteiger charge is -2.30. The molecule has 3 N–H and O–H groups in total. The predicted octanol–water partition coefficient (Wildman–Crippen LogP) is 8.09. The number of para-hydroxylation sites is 3. The minimum Gasteiger partial charge on any atom is -0.497 e. The van der Waals surface area contributed by atoms with E-state index in [0.717, 1.165) is 16.9 Å². The Labute approximate surface area is 296 Å². The lowest BCUT2D eigenvalue weighted by Crippen LogP contribution is -2.50. The van der Waals surface area contributed by atoms with E-state index >= 15 is 0 Å². The molecule has 246 valence electrons. The molecule has 1 aliphatic heterocycles. The van der Waals surface area contributed by atoms with Crippen molar-refractivity contribution < 1.29 is 23.8 Å². The zero-order chi connectivity index (χ0) is 33.9. The monoisotopic (exact) mass is 748 g/mol. The molecule has 0 bridgehead atoms. The average Bonchev–Trinajstić information content (AvgIpc) is 3.17.